The number of rotatable bonds is 3. The van der Waals surface area contributed by atoms with Gasteiger partial charge in [-0.15, -0.1) is 11.3 Å². The summed E-state index contributed by atoms with van der Waals surface area (Å²) in [6.07, 6.45) is 3.27. The van der Waals surface area contributed by atoms with Crippen molar-refractivity contribution in [3.05, 3.63) is 40.4 Å². The van der Waals surface area contributed by atoms with Crippen molar-refractivity contribution in [1.29, 1.82) is 5.41 Å². The number of nitrogens with one attached hydrogen (secondary N) is 1. The lowest BCUT2D eigenvalue weighted by molar-refractivity contribution is 0.891. The smallest absolute Gasteiger partial charge is 0.125 e. The second-order valence-corrected chi connectivity index (χ2v) is 6.49. The summed E-state index contributed by atoms with van der Waals surface area (Å²) in [5, 5.41) is 10.6. The molecule has 3 nitrogen and oxygen atoms in total. The van der Waals surface area contributed by atoms with Crippen molar-refractivity contribution in [3.63, 3.8) is 0 Å². The van der Waals surface area contributed by atoms with Crippen LogP contribution in [0, 0.1) is 5.41 Å². The molecule has 2 aromatic heterocycles. The van der Waals surface area contributed by atoms with Gasteiger partial charge < -0.3 is 5.73 Å². The molecular weight excluding hydrogens is 262 g/mol. The van der Waals surface area contributed by atoms with Gasteiger partial charge in [0.2, 0.25) is 0 Å². The normalized spacial score (nSPS) is 13.6. The molecule has 18 heavy (non-hydrogen) atoms. The Morgan fingerprint density at radius 2 is 2.33 bits per heavy atom. The third-order valence-corrected chi connectivity index (χ3v) is 5.04. The molecule has 1 aliphatic carbocycles. The van der Waals surface area contributed by atoms with Crippen molar-refractivity contribution in [2.24, 2.45) is 5.73 Å². The largest absolute Gasteiger partial charge is 0.384 e. The molecule has 92 valence electrons. The van der Waals surface area contributed by atoms with Gasteiger partial charge in [0, 0.05) is 11.3 Å². The van der Waals surface area contributed by atoms with E-state index in [4.69, 9.17) is 16.1 Å². The monoisotopic (exact) mass is 275 g/mol. The van der Waals surface area contributed by atoms with E-state index in [1.54, 1.807) is 23.1 Å². The first-order chi connectivity index (χ1) is 8.74. The molecule has 0 radical (unpaired) electrons. The molecule has 0 bridgehead atoms. The van der Waals surface area contributed by atoms with Crippen LogP contribution < -0.4 is 5.73 Å². The van der Waals surface area contributed by atoms with Crippen LogP contribution in [0.4, 0.5) is 0 Å². The molecule has 0 saturated carbocycles. The summed E-state index contributed by atoms with van der Waals surface area (Å²) in [5.74, 6) is 0.108. The van der Waals surface area contributed by atoms with Crippen molar-refractivity contribution >= 4 is 28.9 Å². The number of aryl methyl sites for hydroxylation is 2. The Morgan fingerprint density at radius 3 is 3.06 bits per heavy atom. The van der Waals surface area contributed by atoms with E-state index >= 15 is 0 Å². The van der Waals surface area contributed by atoms with E-state index < -0.39 is 0 Å². The summed E-state index contributed by atoms with van der Waals surface area (Å²) in [7, 11) is 0. The number of nitrogens with two attached hydrogens (primary N) is 1. The molecule has 2 aromatic rings. The van der Waals surface area contributed by atoms with Gasteiger partial charge in [-0.1, -0.05) is 17.8 Å². The highest BCUT2D eigenvalue weighted by atomic mass is 32.2. The van der Waals surface area contributed by atoms with Gasteiger partial charge in [-0.25, -0.2) is 4.98 Å². The average Bonchev–Trinajstić information content (AvgIpc) is 2.97. The van der Waals surface area contributed by atoms with Crippen LogP contribution in [-0.4, -0.2) is 10.8 Å². The van der Waals surface area contributed by atoms with E-state index in [0.717, 1.165) is 29.9 Å². The van der Waals surface area contributed by atoms with Crippen molar-refractivity contribution in [1.82, 2.24) is 4.98 Å². The molecular formula is C13H13N3S2. The number of nitrogen functional groups attached to an aromatic ring is 1. The van der Waals surface area contributed by atoms with Crippen molar-refractivity contribution in [2.45, 2.75) is 28.5 Å². The first kappa shape index (κ1) is 11.7. The Balaban J connectivity index is 2.03. The lowest BCUT2D eigenvalue weighted by Crippen LogP contribution is -2.14. The topological polar surface area (TPSA) is 62.8 Å². The zero-order valence-corrected chi connectivity index (χ0v) is 11.4. The van der Waals surface area contributed by atoms with Crippen LogP contribution >= 0.6 is 23.1 Å². The van der Waals surface area contributed by atoms with Crippen molar-refractivity contribution < 1.29 is 0 Å². The maximum Gasteiger partial charge on any atom is 0.125 e. The number of amidine groups is 1. The quantitative estimate of drug-likeness (QED) is 0.668. The highest BCUT2D eigenvalue weighted by Gasteiger charge is 2.18. The van der Waals surface area contributed by atoms with Gasteiger partial charge in [-0.05, 0) is 42.3 Å². The van der Waals surface area contributed by atoms with Crippen LogP contribution in [0.2, 0.25) is 0 Å². The van der Waals surface area contributed by atoms with Gasteiger partial charge in [-0.3, -0.25) is 5.41 Å². The van der Waals surface area contributed by atoms with E-state index in [-0.39, 0.29) is 5.84 Å². The Bertz CT molecular complexity index is 591. The van der Waals surface area contributed by atoms with E-state index in [0.29, 0.717) is 0 Å². The zero-order chi connectivity index (χ0) is 12.5. The van der Waals surface area contributed by atoms with Crippen LogP contribution in [0.25, 0.3) is 0 Å². The molecule has 1 aliphatic rings. The van der Waals surface area contributed by atoms with Gasteiger partial charge in [0.1, 0.15) is 10.9 Å². The SMILES string of the molecule is N=C(N)c1cc2c(nc1Sc1cccs1)CCC2. The van der Waals surface area contributed by atoms with E-state index in [9.17, 15) is 0 Å². The number of hydrogen-bond acceptors (Lipinski definition) is 4. The van der Waals surface area contributed by atoms with Gasteiger partial charge in [0.15, 0.2) is 0 Å². The standard InChI is InChI=1S/C13H13N3S2/c14-12(15)9-7-8-3-1-4-10(8)16-13(9)18-11-5-2-6-17-11/h2,5-7H,1,3-4H2,(H3,14,15). The van der Waals surface area contributed by atoms with Crippen LogP contribution in [0.5, 0.6) is 0 Å². The molecule has 0 fully saturated rings. The predicted molar refractivity (Wildman–Crippen MR) is 75.7 cm³/mol. The summed E-state index contributed by atoms with van der Waals surface area (Å²) in [4.78, 5) is 4.70. The number of thiophene rings is 1. The number of fused-ring (bicyclic) bond motifs is 1. The summed E-state index contributed by atoms with van der Waals surface area (Å²) in [6.45, 7) is 0. The number of aromatic nitrogens is 1. The van der Waals surface area contributed by atoms with Gasteiger partial charge in [0.25, 0.3) is 0 Å². The van der Waals surface area contributed by atoms with E-state index in [2.05, 4.69) is 6.07 Å². The second kappa shape index (κ2) is 4.74. The average molecular weight is 275 g/mol. The molecule has 0 aromatic carbocycles. The lowest BCUT2D eigenvalue weighted by atomic mass is 10.1. The molecule has 0 amide bonds. The molecule has 5 heteroatoms. The fourth-order valence-corrected chi connectivity index (χ4v) is 3.96. The lowest BCUT2D eigenvalue weighted by Gasteiger charge is -2.09. The first-order valence-corrected chi connectivity index (χ1v) is 7.52. The Labute approximate surface area is 114 Å². The first-order valence-electron chi connectivity index (χ1n) is 5.82. The molecule has 0 atom stereocenters. The van der Waals surface area contributed by atoms with Crippen LogP contribution in [0.3, 0.4) is 0 Å². The number of pyridine rings is 1. The highest BCUT2D eigenvalue weighted by molar-refractivity contribution is 8.01. The van der Waals surface area contributed by atoms with Gasteiger partial charge in [-0.2, -0.15) is 0 Å². The van der Waals surface area contributed by atoms with Crippen LogP contribution in [0.1, 0.15) is 23.2 Å². The van der Waals surface area contributed by atoms with E-state index in [1.165, 1.54) is 15.5 Å². The fraction of sp³-hybridized carbons (Fsp3) is 0.231. The Hall–Kier alpha value is -1.33. The third-order valence-electron chi connectivity index (χ3n) is 3.00. The molecule has 3 rings (SSSR count). The molecule has 0 aliphatic heterocycles. The molecule has 0 spiro atoms. The van der Waals surface area contributed by atoms with E-state index in [1.807, 2.05) is 17.5 Å². The molecule has 0 saturated heterocycles. The van der Waals surface area contributed by atoms with Crippen molar-refractivity contribution in [2.75, 3.05) is 0 Å². The third kappa shape index (κ3) is 2.15. The minimum Gasteiger partial charge on any atom is -0.384 e. The van der Waals surface area contributed by atoms with Gasteiger partial charge in [0.05, 0.1) is 4.21 Å². The predicted octanol–water partition coefficient (Wildman–Crippen LogP) is 3.07. The molecule has 2 heterocycles. The highest BCUT2D eigenvalue weighted by Crippen LogP contribution is 2.34. The Kier molecular flexibility index (Phi) is 3.09. The fourth-order valence-electron chi connectivity index (χ4n) is 2.14. The van der Waals surface area contributed by atoms with Crippen LogP contribution in [0.15, 0.2) is 32.8 Å². The zero-order valence-electron chi connectivity index (χ0n) is 9.77. The summed E-state index contributed by atoms with van der Waals surface area (Å²) in [5.41, 5.74) is 8.88. The summed E-state index contributed by atoms with van der Waals surface area (Å²) in [6, 6.07) is 6.13. The number of hydrogen-bond donors (Lipinski definition) is 2. The minimum atomic E-state index is 0.108. The molecule has 0 unspecified atom stereocenters. The second-order valence-electron chi connectivity index (χ2n) is 4.25. The van der Waals surface area contributed by atoms with Gasteiger partial charge >= 0.3 is 0 Å². The maximum atomic E-state index is 7.70. The minimum absolute atomic E-state index is 0.108. The summed E-state index contributed by atoms with van der Waals surface area (Å²) < 4.78 is 1.18. The maximum absolute atomic E-state index is 7.70. The van der Waals surface area contributed by atoms with Crippen LogP contribution in [-0.2, 0) is 12.8 Å². The summed E-state index contributed by atoms with van der Waals surface area (Å²) >= 11 is 3.28. The van der Waals surface area contributed by atoms with Crippen molar-refractivity contribution in [3.8, 4) is 0 Å². The Morgan fingerprint density at radius 1 is 1.44 bits per heavy atom. The molecule has 3 N–H and O–H groups in total. The number of nitrogens with zero attached hydrogens (tertiary/aromatic N) is 1.